The highest BCUT2D eigenvalue weighted by Crippen LogP contribution is 2.33. The van der Waals surface area contributed by atoms with Gasteiger partial charge in [-0.25, -0.2) is 19.0 Å². The zero-order valence-corrected chi connectivity index (χ0v) is 17.4. The minimum atomic E-state index is -0.875. The Morgan fingerprint density at radius 1 is 1.10 bits per heavy atom. The van der Waals surface area contributed by atoms with Crippen molar-refractivity contribution in [2.45, 2.75) is 32.4 Å². The fraction of sp³-hybridized carbons (Fsp3) is 0.500. The predicted octanol–water partition coefficient (Wildman–Crippen LogP) is 2.68. The van der Waals surface area contributed by atoms with E-state index in [1.54, 1.807) is 0 Å². The van der Waals surface area contributed by atoms with Crippen molar-refractivity contribution >= 4 is 16.7 Å². The molecule has 5 rings (SSSR count). The van der Waals surface area contributed by atoms with Gasteiger partial charge in [0, 0.05) is 37.0 Å². The summed E-state index contributed by atoms with van der Waals surface area (Å²) in [6.45, 7) is 8.24. The van der Waals surface area contributed by atoms with E-state index < -0.39 is 6.17 Å². The SMILES string of the molecule is Cc1nc(N2CCOCC2)cc(-n2ncc3cc(C)c(C4CCNCC4F)cc32)n1. The number of ether oxygens (including phenoxy) is 1. The maximum absolute atomic E-state index is 14.7. The third-order valence-corrected chi connectivity index (χ3v) is 6.13. The highest BCUT2D eigenvalue weighted by Gasteiger charge is 2.28. The maximum atomic E-state index is 14.7. The zero-order valence-electron chi connectivity index (χ0n) is 17.4. The van der Waals surface area contributed by atoms with Gasteiger partial charge in [0.2, 0.25) is 0 Å². The number of aromatic nitrogens is 4. The largest absolute Gasteiger partial charge is 0.378 e. The first kappa shape index (κ1) is 19.4. The lowest BCUT2D eigenvalue weighted by Gasteiger charge is -2.28. The van der Waals surface area contributed by atoms with Gasteiger partial charge in [0.25, 0.3) is 0 Å². The summed E-state index contributed by atoms with van der Waals surface area (Å²) in [6.07, 6.45) is 1.78. The van der Waals surface area contributed by atoms with Crippen molar-refractivity contribution in [2.75, 3.05) is 44.3 Å². The van der Waals surface area contributed by atoms with Crippen LogP contribution in [0.2, 0.25) is 0 Å². The Hall–Kier alpha value is -2.58. The topological polar surface area (TPSA) is 68.1 Å². The highest BCUT2D eigenvalue weighted by molar-refractivity contribution is 5.82. The molecule has 0 saturated carbocycles. The van der Waals surface area contributed by atoms with Gasteiger partial charge < -0.3 is 15.0 Å². The first-order chi connectivity index (χ1) is 14.6. The monoisotopic (exact) mass is 410 g/mol. The third-order valence-electron chi connectivity index (χ3n) is 6.13. The number of anilines is 1. The molecule has 2 fully saturated rings. The van der Waals surface area contributed by atoms with Crippen LogP contribution in [0, 0.1) is 13.8 Å². The second-order valence-electron chi connectivity index (χ2n) is 8.17. The molecule has 0 amide bonds. The van der Waals surface area contributed by atoms with Crippen molar-refractivity contribution in [2.24, 2.45) is 0 Å². The molecule has 0 bridgehead atoms. The average molecular weight is 410 g/mol. The minimum absolute atomic E-state index is 0.0879. The lowest BCUT2D eigenvalue weighted by Crippen LogP contribution is -2.37. The summed E-state index contributed by atoms with van der Waals surface area (Å²) in [7, 11) is 0. The molecule has 7 nitrogen and oxygen atoms in total. The van der Waals surface area contributed by atoms with Gasteiger partial charge in [-0.15, -0.1) is 0 Å². The van der Waals surface area contributed by atoms with Crippen LogP contribution < -0.4 is 10.2 Å². The Morgan fingerprint density at radius 2 is 1.90 bits per heavy atom. The van der Waals surface area contributed by atoms with E-state index in [0.717, 1.165) is 59.7 Å². The molecule has 1 aromatic carbocycles. The second-order valence-corrected chi connectivity index (χ2v) is 8.17. The number of nitrogens with zero attached hydrogens (tertiary/aromatic N) is 5. The number of nitrogens with one attached hydrogen (secondary N) is 1. The minimum Gasteiger partial charge on any atom is -0.378 e. The summed E-state index contributed by atoms with van der Waals surface area (Å²) >= 11 is 0. The van der Waals surface area contributed by atoms with Crippen LogP contribution in [0.1, 0.15) is 29.3 Å². The van der Waals surface area contributed by atoms with Crippen LogP contribution in [-0.2, 0) is 4.74 Å². The number of hydrogen-bond donors (Lipinski definition) is 1. The smallest absolute Gasteiger partial charge is 0.159 e. The van der Waals surface area contributed by atoms with Crippen molar-refractivity contribution < 1.29 is 9.13 Å². The quantitative estimate of drug-likeness (QED) is 0.716. The van der Waals surface area contributed by atoms with Crippen molar-refractivity contribution in [3.63, 3.8) is 0 Å². The van der Waals surface area contributed by atoms with Gasteiger partial charge >= 0.3 is 0 Å². The lowest BCUT2D eigenvalue weighted by molar-refractivity contribution is 0.122. The zero-order chi connectivity index (χ0) is 20.7. The molecule has 0 aliphatic carbocycles. The van der Waals surface area contributed by atoms with Gasteiger partial charge in [-0.3, -0.25) is 0 Å². The van der Waals surface area contributed by atoms with Crippen LogP contribution in [-0.4, -0.2) is 65.3 Å². The summed E-state index contributed by atoms with van der Waals surface area (Å²) < 4.78 is 22.0. The van der Waals surface area contributed by atoms with Gasteiger partial charge in [0.1, 0.15) is 17.8 Å². The summed E-state index contributed by atoms with van der Waals surface area (Å²) in [4.78, 5) is 11.5. The molecule has 158 valence electrons. The molecule has 8 heteroatoms. The first-order valence-corrected chi connectivity index (χ1v) is 10.6. The Kier molecular flexibility index (Phi) is 5.12. The molecule has 0 radical (unpaired) electrons. The highest BCUT2D eigenvalue weighted by atomic mass is 19.1. The fourth-order valence-corrected chi connectivity index (χ4v) is 4.56. The Bertz CT molecular complexity index is 1060. The molecule has 2 atom stereocenters. The Labute approximate surface area is 175 Å². The van der Waals surface area contributed by atoms with E-state index in [1.807, 2.05) is 23.9 Å². The van der Waals surface area contributed by atoms with Crippen LogP contribution in [0.4, 0.5) is 10.2 Å². The molecule has 30 heavy (non-hydrogen) atoms. The van der Waals surface area contributed by atoms with E-state index in [-0.39, 0.29) is 5.92 Å². The first-order valence-electron chi connectivity index (χ1n) is 10.6. The predicted molar refractivity (Wildman–Crippen MR) is 114 cm³/mol. The summed E-state index contributed by atoms with van der Waals surface area (Å²) in [5, 5.41) is 8.79. The molecule has 2 aliphatic rings. The molecule has 0 spiro atoms. The second kappa shape index (κ2) is 7.92. The van der Waals surface area contributed by atoms with Crippen LogP contribution in [0.25, 0.3) is 16.7 Å². The van der Waals surface area contributed by atoms with Crippen LogP contribution in [0.5, 0.6) is 0 Å². The fourth-order valence-electron chi connectivity index (χ4n) is 4.56. The summed E-state index contributed by atoms with van der Waals surface area (Å²) in [6, 6.07) is 6.19. The van der Waals surface area contributed by atoms with Crippen molar-refractivity contribution in [1.82, 2.24) is 25.1 Å². The maximum Gasteiger partial charge on any atom is 0.159 e. The van der Waals surface area contributed by atoms with E-state index in [9.17, 15) is 4.39 Å². The standard InChI is InChI=1S/C22H27FN6O/c1-14-9-16-12-25-29(20(16)10-18(14)17-3-4-24-13-19(17)23)22-11-21(26-15(2)27-22)28-5-7-30-8-6-28/h9-12,17,19,24H,3-8,13H2,1-2H3. The number of hydrogen-bond acceptors (Lipinski definition) is 6. The molecule has 2 saturated heterocycles. The van der Waals surface area contributed by atoms with Gasteiger partial charge in [0.05, 0.1) is 24.9 Å². The normalized spacial score (nSPS) is 22.6. The molecular weight excluding hydrogens is 383 g/mol. The number of benzene rings is 1. The Morgan fingerprint density at radius 3 is 2.70 bits per heavy atom. The van der Waals surface area contributed by atoms with Crippen molar-refractivity contribution in [3.05, 3.63) is 41.3 Å². The molecule has 2 unspecified atom stereocenters. The number of rotatable bonds is 3. The Balaban J connectivity index is 1.58. The van der Waals surface area contributed by atoms with E-state index in [1.165, 1.54) is 0 Å². The van der Waals surface area contributed by atoms with Gasteiger partial charge in [-0.2, -0.15) is 5.10 Å². The van der Waals surface area contributed by atoms with Gasteiger partial charge in [-0.05, 0) is 50.1 Å². The van der Waals surface area contributed by atoms with Crippen LogP contribution >= 0.6 is 0 Å². The molecular formula is C22H27FN6O. The number of piperidine rings is 1. The van der Waals surface area contributed by atoms with E-state index >= 15 is 0 Å². The summed E-state index contributed by atoms with van der Waals surface area (Å²) in [5.41, 5.74) is 3.13. The lowest BCUT2D eigenvalue weighted by atomic mass is 9.85. The molecule has 1 N–H and O–H groups in total. The van der Waals surface area contributed by atoms with E-state index in [2.05, 4.69) is 44.3 Å². The molecule has 3 aromatic rings. The number of alkyl halides is 1. The van der Waals surface area contributed by atoms with E-state index in [4.69, 9.17) is 4.74 Å². The molecule has 2 aromatic heterocycles. The van der Waals surface area contributed by atoms with Gasteiger partial charge in [-0.1, -0.05) is 0 Å². The van der Waals surface area contributed by atoms with Gasteiger partial charge in [0.15, 0.2) is 5.82 Å². The molecule has 4 heterocycles. The van der Waals surface area contributed by atoms with Crippen molar-refractivity contribution in [3.8, 4) is 5.82 Å². The number of halogens is 1. The van der Waals surface area contributed by atoms with Crippen LogP contribution in [0.3, 0.4) is 0 Å². The summed E-state index contributed by atoms with van der Waals surface area (Å²) in [5.74, 6) is 2.23. The van der Waals surface area contributed by atoms with Crippen molar-refractivity contribution in [1.29, 1.82) is 0 Å². The van der Waals surface area contributed by atoms with E-state index in [0.29, 0.717) is 25.6 Å². The molecule has 2 aliphatic heterocycles. The number of aryl methyl sites for hydroxylation is 2. The van der Waals surface area contributed by atoms with Crippen LogP contribution in [0.15, 0.2) is 24.4 Å². The number of morpholine rings is 1. The third kappa shape index (κ3) is 3.54. The average Bonchev–Trinajstić information content (AvgIpc) is 3.16. The number of fused-ring (bicyclic) bond motifs is 1.